The number of rotatable bonds is 6. The molecule has 0 bridgehead atoms. The Bertz CT molecular complexity index is 1190. The molecule has 1 amide bonds. The predicted molar refractivity (Wildman–Crippen MR) is 112 cm³/mol. The molecule has 0 radical (unpaired) electrons. The zero-order valence-corrected chi connectivity index (χ0v) is 16.8. The van der Waals surface area contributed by atoms with Crippen molar-refractivity contribution in [3.05, 3.63) is 75.4 Å². The fraction of sp³-hybridized carbons (Fsp3) is 0.105. The van der Waals surface area contributed by atoms with E-state index < -0.39 is 4.92 Å². The van der Waals surface area contributed by atoms with Gasteiger partial charge in [-0.05, 0) is 42.0 Å². The van der Waals surface area contributed by atoms with Crippen LogP contribution < -0.4 is 9.64 Å². The number of carbonyl (C=O) groups excluding carboxylic acids is 1. The molecule has 0 saturated heterocycles. The SMILES string of the molecule is COc1ccc2nc(N(Cc3ccncc3)C(=O)c3ccc([N+](=O)[O-])s3)sc2c1. The van der Waals surface area contributed by atoms with Gasteiger partial charge in [-0.3, -0.25) is 24.8 Å². The number of thiophene rings is 1. The number of pyridine rings is 1. The smallest absolute Gasteiger partial charge is 0.324 e. The number of amides is 1. The van der Waals surface area contributed by atoms with Crippen molar-refractivity contribution in [3.8, 4) is 5.75 Å². The first kappa shape index (κ1) is 19.0. The molecule has 3 aromatic heterocycles. The number of aromatic nitrogens is 2. The van der Waals surface area contributed by atoms with Gasteiger partial charge < -0.3 is 4.74 Å². The second-order valence-corrected chi connectivity index (χ2v) is 8.04. The van der Waals surface area contributed by atoms with E-state index in [1.165, 1.54) is 28.4 Å². The number of carbonyl (C=O) groups is 1. The molecule has 0 saturated carbocycles. The van der Waals surface area contributed by atoms with Crippen molar-refractivity contribution in [1.82, 2.24) is 9.97 Å². The third kappa shape index (κ3) is 3.93. The van der Waals surface area contributed by atoms with E-state index in [9.17, 15) is 14.9 Å². The molecule has 10 heteroatoms. The molecule has 0 fully saturated rings. The van der Waals surface area contributed by atoms with Crippen molar-refractivity contribution in [2.75, 3.05) is 12.0 Å². The Hall–Kier alpha value is -3.37. The summed E-state index contributed by atoms with van der Waals surface area (Å²) in [5.41, 5.74) is 1.62. The second kappa shape index (κ2) is 7.94. The average molecular weight is 426 g/mol. The standard InChI is InChI=1S/C19H14N4O4S2/c1-27-13-2-3-14-16(10-13)29-19(21-14)22(11-12-6-8-20-9-7-12)18(24)15-4-5-17(28-15)23(25)26/h2-10H,11H2,1H3. The maximum atomic E-state index is 13.2. The third-order valence-corrected chi connectivity index (χ3v) is 6.20. The number of nitro groups is 1. The third-order valence-electron chi connectivity index (χ3n) is 4.13. The number of ether oxygens (including phenoxy) is 1. The molecule has 8 nitrogen and oxygen atoms in total. The molecule has 3 heterocycles. The van der Waals surface area contributed by atoms with E-state index in [2.05, 4.69) is 9.97 Å². The largest absolute Gasteiger partial charge is 0.497 e. The van der Waals surface area contributed by atoms with Crippen molar-refractivity contribution in [1.29, 1.82) is 0 Å². The molecule has 0 unspecified atom stereocenters. The van der Waals surface area contributed by atoms with E-state index in [1.807, 2.05) is 30.3 Å². The summed E-state index contributed by atoms with van der Waals surface area (Å²) >= 11 is 2.21. The minimum atomic E-state index is -0.501. The van der Waals surface area contributed by atoms with E-state index in [-0.39, 0.29) is 22.3 Å². The van der Waals surface area contributed by atoms with Crippen LogP contribution in [0.25, 0.3) is 10.2 Å². The topological polar surface area (TPSA) is 98.5 Å². The molecular weight excluding hydrogens is 412 g/mol. The van der Waals surface area contributed by atoms with Crippen LogP contribution in [0.15, 0.2) is 54.9 Å². The summed E-state index contributed by atoms with van der Waals surface area (Å²) in [4.78, 5) is 34.1. The number of hydrogen-bond acceptors (Lipinski definition) is 8. The number of methoxy groups -OCH3 is 1. The molecule has 0 atom stereocenters. The lowest BCUT2D eigenvalue weighted by Gasteiger charge is -2.19. The molecule has 0 aliphatic heterocycles. The average Bonchev–Trinajstić information content (AvgIpc) is 3.39. The Morgan fingerprint density at radius 1 is 1.17 bits per heavy atom. The van der Waals surface area contributed by atoms with Crippen LogP contribution in [0.3, 0.4) is 0 Å². The molecule has 0 aliphatic carbocycles. The highest BCUT2D eigenvalue weighted by Gasteiger charge is 2.25. The van der Waals surface area contributed by atoms with Crippen LogP contribution in [0.4, 0.5) is 10.1 Å². The van der Waals surface area contributed by atoms with Crippen LogP contribution >= 0.6 is 22.7 Å². The Labute approximate surface area is 173 Å². The van der Waals surface area contributed by atoms with Gasteiger partial charge in [-0.15, -0.1) is 0 Å². The Balaban J connectivity index is 1.75. The maximum Gasteiger partial charge on any atom is 0.324 e. The van der Waals surface area contributed by atoms with Crippen molar-refractivity contribution in [2.45, 2.75) is 6.54 Å². The van der Waals surface area contributed by atoms with Gasteiger partial charge in [0.15, 0.2) is 5.13 Å². The molecular formula is C19H14N4O4S2. The molecule has 0 spiro atoms. The van der Waals surface area contributed by atoms with Gasteiger partial charge >= 0.3 is 5.00 Å². The highest BCUT2D eigenvalue weighted by molar-refractivity contribution is 7.22. The van der Waals surface area contributed by atoms with Gasteiger partial charge in [0.1, 0.15) is 5.75 Å². The van der Waals surface area contributed by atoms with Crippen molar-refractivity contribution in [2.24, 2.45) is 0 Å². The Morgan fingerprint density at radius 2 is 1.97 bits per heavy atom. The highest BCUT2D eigenvalue weighted by Crippen LogP contribution is 2.34. The molecule has 4 aromatic rings. The van der Waals surface area contributed by atoms with E-state index in [4.69, 9.17) is 4.74 Å². The maximum absolute atomic E-state index is 13.2. The zero-order valence-electron chi connectivity index (χ0n) is 15.1. The predicted octanol–water partition coefficient (Wildman–Crippen LogP) is 4.52. The minimum Gasteiger partial charge on any atom is -0.497 e. The van der Waals surface area contributed by atoms with E-state index in [0.717, 1.165) is 27.1 Å². The van der Waals surface area contributed by atoms with Crippen molar-refractivity contribution in [3.63, 3.8) is 0 Å². The highest BCUT2D eigenvalue weighted by atomic mass is 32.1. The van der Waals surface area contributed by atoms with Crippen LogP contribution in [0.5, 0.6) is 5.75 Å². The summed E-state index contributed by atoms with van der Waals surface area (Å²) in [5.74, 6) is 0.361. The summed E-state index contributed by atoms with van der Waals surface area (Å²) in [5, 5.41) is 11.4. The molecule has 0 aliphatic rings. The number of hydrogen-bond donors (Lipinski definition) is 0. The van der Waals surface area contributed by atoms with E-state index >= 15 is 0 Å². The second-order valence-electron chi connectivity index (χ2n) is 5.97. The lowest BCUT2D eigenvalue weighted by atomic mass is 10.2. The van der Waals surface area contributed by atoms with Gasteiger partial charge in [0.25, 0.3) is 5.91 Å². The lowest BCUT2D eigenvalue weighted by Crippen LogP contribution is -2.29. The quantitative estimate of drug-likeness (QED) is 0.332. The number of fused-ring (bicyclic) bond motifs is 1. The van der Waals surface area contributed by atoms with Gasteiger partial charge in [-0.2, -0.15) is 0 Å². The molecule has 146 valence electrons. The van der Waals surface area contributed by atoms with Gasteiger partial charge in [0.2, 0.25) is 0 Å². The van der Waals surface area contributed by atoms with Crippen LogP contribution in [-0.4, -0.2) is 27.9 Å². The number of nitrogens with zero attached hydrogens (tertiary/aromatic N) is 4. The minimum absolute atomic E-state index is 0.0775. The van der Waals surface area contributed by atoms with Crippen LogP contribution in [0.2, 0.25) is 0 Å². The Kier molecular flexibility index (Phi) is 5.19. The van der Waals surface area contributed by atoms with E-state index in [0.29, 0.717) is 10.9 Å². The first-order chi connectivity index (χ1) is 14.0. The Morgan fingerprint density at radius 3 is 2.66 bits per heavy atom. The molecule has 0 N–H and O–H groups in total. The van der Waals surface area contributed by atoms with Crippen molar-refractivity contribution >= 4 is 48.9 Å². The summed E-state index contributed by atoms with van der Waals surface area (Å²) in [6.07, 6.45) is 3.30. The van der Waals surface area contributed by atoms with Crippen molar-refractivity contribution < 1.29 is 14.5 Å². The number of thiazole rings is 1. The monoisotopic (exact) mass is 426 g/mol. The van der Waals surface area contributed by atoms with Gasteiger partial charge in [-0.1, -0.05) is 22.7 Å². The van der Waals surface area contributed by atoms with Gasteiger partial charge in [0, 0.05) is 18.5 Å². The fourth-order valence-corrected chi connectivity index (χ4v) is 4.47. The summed E-state index contributed by atoms with van der Waals surface area (Å²) in [6.45, 7) is 0.268. The van der Waals surface area contributed by atoms with Gasteiger partial charge in [-0.25, -0.2) is 4.98 Å². The van der Waals surface area contributed by atoms with Crippen LogP contribution in [0, 0.1) is 10.1 Å². The van der Waals surface area contributed by atoms with Crippen LogP contribution in [0.1, 0.15) is 15.2 Å². The molecule has 4 rings (SSSR count). The first-order valence-electron chi connectivity index (χ1n) is 8.45. The molecule has 29 heavy (non-hydrogen) atoms. The summed E-state index contributed by atoms with van der Waals surface area (Å²) in [7, 11) is 1.59. The normalized spacial score (nSPS) is 10.8. The summed E-state index contributed by atoms with van der Waals surface area (Å²) < 4.78 is 6.14. The summed E-state index contributed by atoms with van der Waals surface area (Å²) in [6, 6.07) is 11.9. The molecule has 1 aromatic carbocycles. The lowest BCUT2D eigenvalue weighted by molar-refractivity contribution is -0.380. The zero-order chi connectivity index (χ0) is 20.4. The van der Waals surface area contributed by atoms with E-state index in [1.54, 1.807) is 19.5 Å². The fourth-order valence-electron chi connectivity index (χ4n) is 2.71. The first-order valence-corrected chi connectivity index (χ1v) is 10.1. The number of benzene rings is 1. The van der Waals surface area contributed by atoms with Gasteiger partial charge in [0.05, 0.1) is 33.7 Å². The van der Waals surface area contributed by atoms with Crippen LogP contribution in [-0.2, 0) is 6.54 Å². The number of anilines is 1.